The van der Waals surface area contributed by atoms with Crippen LogP contribution in [0.15, 0.2) is 216 Å². The van der Waals surface area contributed by atoms with Gasteiger partial charge in [0.15, 0.2) is 5.84 Å². The lowest BCUT2D eigenvalue weighted by molar-refractivity contribution is 0.674. The highest BCUT2D eigenvalue weighted by Gasteiger charge is 2.21. The summed E-state index contributed by atoms with van der Waals surface area (Å²) in [5, 5.41) is 13.3. The number of aliphatic imine (C=N–C) groups is 2. The highest BCUT2D eigenvalue weighted by atomic mass is 15.2. The number of nitriles is 1. The third-order valence-electron chi connectivity index (χ3n) is 10.7. The lowest BCUT2D eigenvalue weighted by atomic mass is 9.90. The number of hydrogen-bond donors (Lipinski definition) is 1. The second-order valence-corrected chi connectivity index (χ2v) is 14.4. The minimum absolute atomic E-state index is 0.280. The minimum atomic E-state index is -0.280. The molecule has 0 fully saturated rings. The van der Waals surface area contributed by atoms with E-state index < -0.39 is 0 Å². The zero-order valence-electron chi connectivity index (χ0n) is 31.9. The summed E-state index contributed by atoms with van der Waals surface area (Å²) in [4.78, 5) is 15.1. The predicted molar refractivity (Wildman–Crippen MR) is 239 cm³/mol. The van der Waals surface area contributed by atoms with E-state index in [9.17, 15) is 5.26 Å². The van der Waals surface area contributed by atoms with Crippen LogP contribution in [-0.4, -0.2) is 21.2 Å². The first-order chi connectivity index (χ1) is 29.2. The van der Waals surface area contributed by atoms with Gasteiger partial charge in [-0.1, -0.05) is 164 Å². The molecule has 0 saturated carbocycles. The second-order valence-electron chi connectivity index (χ2n) is 14.4. The van der Waals surface area contributed by atoms with E-state index in [0.717, 1.165) is 84.0 Å². The standard InChI is InChI=1S/C53H36N6/c54-35-36-13-12-20-43(33-36)44-29-32-46(37-27-30-45(31-28-37)59-49-22-11-10-21-48(49)55-53(59)42-18-8-3-9-19-42)47(34-44)38-23-25-41(26-24-38)52-57-50(39-14-4-1-5-15-39)56-51(58-52)40-16-6-2-7-17-40/h1-34,50H,(H,56,57,58). The van der Waals surface area contributed by atoms with E-state index in [-0.39, 0.29) is 6.17 Å². The fraction of sp³-hybridized carbons (Fsp3) is 0.0189. The Morgan fingerprint density at radius 2 is 1.08 bits per heavy atom. The Hall–Kier alpha value is -8.14. The Morgan fingerprint density at radius 3 is 1.83 bits per heavy atom. The first kappa shape index (κ1) is 35.3. The van der Waals surface area contributed by atoms with E-state index in [1.165, 1.54) is 0 Å². The molecular weight excluding hydrogens is 721 g/mol. The average Bonchev–Trinajstić information content (AvgIpc) is 3.72. The molecular formula is C53H36N6. The third kappa shape index (κ3) is 6.99. The van der Waals surface area contributed by atoms with Crippen molar-refractivity contribution in [3.8, 4) is 56.5 Å². The van der Waals surface area contributed by atoms with Crippen molar-refractivity contribution >= 4 is 22.7 Å². The van der Waals surface area contributed by atoms with Crippen molar-refractivity contribution in [2.75, 3.05) is 0 Å². The summed E-state index contributed by atoms with van der Waals surface area (Å²) in [6.45, 7) is 0. The van der Waals surface area contributed by atoms with Gasteiger partial charge < -0.3 is 5.32 Å². The summed E-state index contributed by atoms with van der Waals surface area (Å²) < 4.78 is 2.23. The van der Waals surface area contributed by atoms with Crippen LogP contribution >= 0.6 is 0 Å². The van der Waals surface area contributed by atoms with E-state index >= 15 is 0 Å². The van der Waals surface area contributed by atoms with Gasteiger partial charge >= 0.3 is 0 Å². The molecule has 0 saturated heterocycles. The van der Waals surface area contributed by atoms with Crippen molar-refractivity contribution < 1.29 is 0 Å². The Labute approximate surface area is 342 Å². The molecule has 0 radical (unpaired) electrons. The molecule has 9 aromatic rings. The number of aromatic nitrogens is 2. The molecule has 1 aliphatic heterocycles. The monoisotopic (exact) mass is 756 g/mol. The molecule has 8 aromatic carbocycles. The second kappa shape index (κ2) is 15.4. The molecule has 1 aliphatic rings. The zero-order chi connectivity index (χ0) is 39.5. The van der Waals surface area contributed by atoms with Crippen LogP contribution in [0.3, 0.4) is 0 Å². The van der Waals surface area contributed by atoms with Gasteiger partial charge in [-0.05, 0) is 81.4 Å². The quantitative estimate of drug-likeness (QED) is 0.168. The van der Waals surface area contributed by atoms with Crippen molar-refractivity contribution in [3.05, 3.63) is 229 Å². The number of benzene rings is 8. The maximum atomic E-state index is 9.68. The van der Waals surface area contributed by atoms with E-state index in [4.69, 9.17) is 15.0 Å². The summed E-state index contributed by atoms with van der Waals surface area (Å²) in [7, 11) is 0. The summed E-state index contributed by atoms with van der Waals surface area (Å²) in [6.07, 6.45) is -0.280. The highest BCUT2D eigenvalue weighted by molar-refractivity contribution is 6.13. The lowest BCUT2D eigenvalue weighted by Crippen LogP contribution is -2.33. The van der Waals surface area contributed by atoms with Crippen molar-refractivity contribution in [2.45, 2.75) is 6.17 Å². The van der Waals surface area contributed by atoms with Crippen molar-refractivity contribution in [1.29, 1.82) is 5.26 Å². The van der Waals surface area contributed by atoms with Crippen LogP contribution in [0.25, 0.3) is 61.5 Å². The molecule has 6 heteroatoms. The van der Waals surface area contributed by atoms with Gasteiger partial charge in [0.25, 0.3) is 0 Å². The summed E-state index contributed by atoms with van der Waals surface area (Å²) in [5.74, 6) is 2.35. The molecule has 0 aliphatic carbocycles. The maximum Gasteiger partial charge on any atom is 0.159 e. The van der Waals surface area contributed by atoms with Gasteiger partial charge in [0, 0.05) is 22.4 Å². The van der Waals surface area contributed by atoms with Crippen LogP contribution in [0, 0.1) is 11.3 Å². The van der Waals surface area contributed by atoms with Gasteiger partial charge in [-0.15, -0.1) is 0 Å². The number of fused-ring (bicyclic) bond motifs is 1. The minimum Gasteiger partial charge on any atom is -0.344 e. The smallest absolute Gasteiger partial charge is 0.159 e. The first-order valence-corrected chi connectivity index (χ1v) is 19.6. The van der Waals surface area contributed by atoms with Gasteiger partial charge in [-0.2, -0.15) is 5.26 Å². The molecule has 1 N–H and O–H groups in total. The van der Waals surface area contributed by atoms with Crippen molar-refractivity contribution in [1.82, 2.24) is 14.9 Å². The Morgan fingerprint density at radius 1 is 0.492 bits per heavy atom. The van der Waals surface area contributed by atoms with Crippen LogP contribution in [-0.2, 0) is 0 Å². The normalized spacial score (nSPS) is 13.6. The van der Waals surface area contributed by atoms with E-state index in [2.05, 4.69) is 131 Å². The van der Waals surface area contributed by atoms with Gasteiger partial charge in [-0.25, -0.2) is 15.0 Å². The van der Waals surface area contributed by atoms with Crippen LogP contribution in [0.4, 0.5) is 0 Å². The molecule has 0 spiro atoms. The molecule has 1 atom stereocenters. The highest BCUT2D eigenvalue weighted by Crippen LogP contribution is 2.38. The first-order valence-electron chi connectivity index (χ1n) is 19.6. The van der Waals surface area contributed by atoms with Crippen LogP contribution < -0.4 is 5.32 Å². The molecule has 59 heavy (non-hydrogen) atoms. The maximum absolute atomic E-state index is 9.68. The summed E-state index contributed by atoms with van der Waals surface area (Å²) >= 11 is 0. The number of nitrogens with zero attached hydrogens (tertiary/aromatic N) is 5. The summed E-state index contributed by atoms with van der Waals surface area (Å²) in [5.41, 5.74) is 14.1. The third-order valence-corrected chi connectivity index (χ3v) is 10.7. The van der Waals surface area contributed by atoms with Gasteiger partial charge in [0.1, 0.15) is 17.8 Å². The predicted octanol–water partition coefficient (Wildman–Crippen LogP) is 12.1. The molecule has 1 unspecified atom stereocenters. The average molecular weight is 757 g/mol. The number of nitrogens with one attached hydrogen (secondary N) is 1. The fourth-order valence-electron chi connectivity index (χ4n) is 7.77. The SMILES string of the molecule is N#Cc1cccc(-c2ccc(-c3ccc(-n4c(-c5ccccc5)nc5ccccc54)cc3)c(-c3ccc(C4=NC(c5ccccc5)=NC(c5ccccc5)N4)cc3)c2)c1. The lowest BCUT2D eigenvalue weighted by Gasteiger charge is -2.23. The number of rotatable bonds is 8. The Bertz CT molecular complexity index is 3050. The topological polar surface area (TPSA) is 78.4 Å². The number of amidine groups is 2. The van der Waals surface area contributed by atoms with E-state index in [1.807, 2.05) is 91.0 Å². The number of imidazole rings is 1. The van der Waals surface area contributed by atoms with Crippen LogP contribution in [0.1, 0.15) is 28.4 Å². The van der Waals surface area contributed by atoms with Crippen LogP contribution in [0.2, 0.25) is 0 Å². The molecule has 6 nitrogen and oxygen atoms in total. The van der Waals surface area contributed by atoms with Gasteiger partial charge in [0.05, 0.1) is 22.7 Å². The molecule has 278 valence electrons. The Kier molecular flexibility index (Phi) is 9.22. The molecule has 0 amide bonds. The summed E-state index contributed by atoms with van der Waals surface area (Å²) in [6, 6.07) is 72.9. The van der Waals surface area contributed by atoms with Crippen molar-refractivity contribution in [3.63, 3.8) is 0 Å². The number of para-hydroxylation sites is 2. The fourth-order valence-corrected chi connectivity index (χ4v) is 7.77. The number of hydrogen-bond acceptors (Lipinski definition) is 5. The zero-order valence-corrected chi connectivity index (χ0v) is 31.9. The molecule has 0 bridgehead atoms. The van der Waals surface area contributed by atoms with E-state index in [1.54, 1.807) is 0 Å². The van der Waals surface area contributed by atoms with Gasteiger partial charge in [0.2, 0.25) is 0 Å². The van der Waals surface area contributed by atoms with Crippen molar-refractivity contribution in [2.24, 2.45) is 9.98 Å². The molecule has 2 heterocycles. The molecule has 10 rings (SSSR count). The van der Waals surface area contributed by atoms with Gasteiger partial charge in [-0.3, -0.25) is 4.57 Å². The molecule has 1 aromatic heterocycles. The largest absolute Gasteiger partial charge is 0.344 e. The van der Waals surface area contributed by atoms with E-state index in [0.29, 0.717) is 11.4 Å². The van der Waals surface area contributed by atoms with Crippen LogP contribution in [0.5, 0.6) is 0 Å². The Balaban J connectivity index is 1.05.